The average molecular weight is 341 g/mol. The number of ether oxygens (including phenoxy) is 1. The van der Waals surface area contributed by atoms with Gasteiger partial charge in [0, 0.05) is 25.7 Å². The summed E-state index contributed by atoms with van der Waals surface area (Å²) in [5.41, 5.74) is 0.501. The summed E-state index contributed by atoms with van der Waals surface area (Å²) in [6.45, 7) is 2.92. The van der Waals surface area contributed by atoms with Crippen LogP contribution >= 0.6 is 0 Å². The van der Waals surface area contributed by atoms with Gasteiger partial charge in [-0.15, -0.1) is 0 Å². The van der Waals surface area contributed by atoms with Gasteiger partial charge in [-0.3, -0.25) is 9.59 Å². The van der Waals surface area contributed by atoms with Crippen molar-refractivity contribution in [2.24, 2.45) is 0 Å². The van der Waals surface area contributed by atoms with Crippen molar-refractivity contribution in [3.63, 3.8) is 0 Å². The average Bonchev–Trinajstić information content (AvgIpc) is 2.53. The summed E-state index contributed by atoms with van der Waals surface area (Å²) in [7, 11) is -3.78. The fourth-order valence-electron chi connectivity index (χ4n) is 2.09. The van der Waals surface area contributed by atoms with E-state index < -0.39 is 10.0 Å². The van der Waals surface area contributed by atoms with Crippen molar-refractivity contribution in [2.75, 3.05) is 38.2 Å². The highest BCUT2D eigenvalue weighted by molar-refractivity contribution is 7.89. The molecule has 1 aromatic carbocycles. The number of carbonyl (C=O) groups excluding carboxylic acids is 2. The van der Waals surface area contributed by atoms with Gasteiger partial charge in [0.25, 0.3) is 0 Å². The van der Waals surface area contributed by atoms with Gasteiger partial charge in [-0.05, 0) is 24.3 Å². The molecule has 9 heteroatoms. The van der Waals surface area contributed by atoms with E-state index in [4.69, 9.17) is 4.74 Å². The quantitative estimate of drug-likeness (QED) is 0.770. The molecule has 8 nitrogen and oxygen atoms in total. The largest absolute Gasteiger partial charge is 0.378 e. The molecule has 0 radical (unpaired) electrons. The van der Waals surface area contributed by atoms with Crippen LogP contribution in [-0.2, 0) is 24.3 Å². The second-order valence-electron chi connectivity index (χ2n) is 5.02. The Labute approximate surface area is 134 Å². The molecule has 126 valence electrons. The number of rotatable bonds is 5. The van der Waals surface area contributed by atoms with E-state index in [9.17, 15) is 18.0 Å². The molecule has 0 bridgehead atoms. The normalized spacial score (nSPS) is 15.3. The van der Waals surface area contributed by atoms with Crippen molar-refractivity contribution in [2.45, 2.75) is 11.8 Å². The van der Waals surface area contributed by atoms with Gasteiger partial charge in [-0.25, -0.2) is 13.1 Å². The van der Waals surface area contributed by atoms with Crippen LogP contribution in [-0.4, -0.2) is 58.0 Å². The first-order valence-electron chi connectivity index (χ1n) is 7.11. The van der Waals surface area contributed by atoms with Gasteiger partial charge < -0.3 is 15.0 Å². The zero-order valence-corrected chi connectivity index (χ0v) is 13.6. The maximum Gasteiger partial charge on any atom is 0.241 e. The molecule has 23 heavy (non-hydrogen) atoms. The number of anilines is 1. The van der Waals surface area contributed by atoms with Gasteiger partial charge in [-0.1, -0.05) is 0 Å². The summed E-state index contributed by atoms with van der Waals surface area (Å²) in [5.74, 6) is -0.526. The van der Waals surface area contributed by atoms with Crippen LogP contribution in [0.3, 0.4) is 0 Å². The van der Waals surface area contributed by atoms with Crippen LogP contribution in [0.25, 0.3) is 0 Å². The Balaban J connectivity index is 1.95. The number of hydrogen-bond donors (Lipinski definition) is 2. The predicted molar refractivity (Wildman–Crippen MR) is 83.3 cm³/mol. The third-order valence-corrected chi connectivity index (χ3v) is 4.68. The van der Waals surface area contributed by atoms with Crippen molar-refractivity contribution in [3.05, 3.63) is 24.3 Å². The summed E-state index contributed by atoms with van der Waals surface area (Å²) in [5, 5.41) is 2.55. The van der Waals surface area contributed by atoms with Gasteiger partial charge in [0.15, 0.2) is 0 Å². The van der Waals surface area contributed by atoms with Crippen LogP contribution in [0.5, 0.6) is 0 Å². The molecular weight excluding hydrogens is 322 g/mol. The standard InChI is InChI=1S/C14H19N3O5S/c1-11(18)16-12-2-4-13(5-3-12)23(20,21)15-10-14(19)17-6-8-22-9-7-17/h2-5,15H,6-10H2,1H3,(H,16,18). The van der Waals surface area contributed by atoms with Gasteiger partial charge in [-0.2, -0.15) is 0 Å². The smallest absolute Gasteiger partial charge is 0.241 e. The molecule has 1 aliphatic rings. The molecule has 2 rings (SSSR count). The number of sulfonamides is 1. The second-order valence-corrected chi connectivity index (χ2v) is 6.79. The van der Waals surface area contributed by atoms with E-state index in [0.717, 1.165) is 0 Å². The minimum atomic E-state index is -3.78. The Hall–Kier alpha value is -1.97. The molecule has 2 N–H and O–H groups in total. The number of nitrogens with one attached hydrogen (secondary N) is 2. The second kappa shape index (κ2) is 7.53. The van der Waals surface area contributed by atoms with Crippen molar-refractivity contribution in [1.29, 1.82) is 0 Å². The van der Waals surface area contributed by atoms with E-state index in [0.29, 0.717) is 32.0 Å². The Morgan fingerprint density at radius 2 is 1.78 bits per heavy atom. The number of nitrogens with zero attached hydrogens (tertiary/aromatic N) is 1. The molecule has 1 heterocycles. The molecule has 0 atom stereocenters. The van der Waals surface area contributed by atoms with Crippen molar-refractivity contribution in [1.82, 2.24) is 9.62 Å². The van der Waals surface area contributed by atoms with E-state index in [-0.39, 0.29) is 23.3 Å². The van der Waals surface area contributed by atoms with Gasteiger partial charge in [0.05, 0.1) is 24.7 Å². The van der Waals surface area contributed by atoms with Gasteiger partial charge in [0.2, 0.25) is 21.8 Å². The maximum atomic E-state index is 12.2. The van der Waals surface area contributed by atoms with E-state index in [1.165, 1.54) is 31.2 Å². The number of morpholine rings is 1. The van der Waals surface area contributed by atoms with Crippen LogP contribution in [0.4, 0.5) is 5.69 Å². The fraction of sp³-hybridized carbons (Fsp3) is 0.429. The first-order valence-corrected chi connectivity index (χ1v) is 8.59. The Bertz CT molecular complexity index is 666. The van der Waals surface area contributed by atoms with E-state index in [1.54, 1.807) is 4.90 Å². The molecule has 0 aliphatic carbocycles. The maximum absolute atomic E-state index is 12.2. The van der Waals surface area contributed by atoms with Gasteiger partial charge >= 0.3 is 0 Å². The monoisotopic (exact) mass is 341 g/mol. The van der Waals surface area contributed by atoms with Crippen LogP contribution in [0.15, 0.2) is 29.2 Å². The first-order chi connectivity index (χ1) is 10.9. The number of benzene rings is 1. The molecule has 2 amide bonds. The van der Waals surface area contributed by atoms with Crippen LogP contribution in [0.2, 0.25) is 0 Å². The number of carbonyl (C=O) groups is 2. The lowest BCUT2D eigenvalue weighted by atomic mass is 10.3. The third kappa shape index (κ3) is 5.02. The molecular formula is C14H19N3O5S. The first kappa shape index (κ1) is 17.4. The van der Waals surface area contributed by atoms with Crippen LogP contribution < -0.4 is 10.0 Å². The van der Waals surface area contributed by atoms with Crippen molar-refractivity contribution in [3.8, 4) is 0 Å². The topological polar surface area (TPSA) is 105 Å². The molecule has 0 aromatic heterocycles. The molecule has 1 saturated heterocycles. The lowest BCUT2D eigenvalue weighted by molar-refractivity contribution is -0.133. The van der Waals surface area contributed by atoms with Crippen LogP contribution in [0, 0.1) is 0 Å². The lowest BCUT2D eigenvalue weighted by Gasteiger charge is -2.26. The predicted octanol–water partition coefficient (Wildman–Crippen LogP) is -0.218. The van der Waals surface area contributed by atoms with E-state index in [2.05, 4.69) is 10.0 Å². The Kier molecular flexibility index (Phi) is 5.69. The molecule has 0 saturated carbocycles. The summed E-state index contributed by atoms with van der Waals surface area (Å²) >= 11 is 0. The van der Waals surface area contributed by atoms with Gasteiger partial charge in [0.1, 0.15) is 0 Å². The summed E-state index contributed by atoms with van der Waals surface area (Å²) in [6, 6.07) is 5.71. The fourth-order valence-corrected chi connectivity index (χ4v) is 3.06. The van der Waals surface area contributed by atoms with Crippen molar-refractivity contribution < 1.29 is 22.7 Å². The summed E-state index contributed by atoms with van der Waals surface area (Å²) in [6.07, 6.45) is 0. The van der Waals surface area contributed by atoms with Crippen LogP contribution in [0.1, 0.15) is 6.92 Å². The lowest BCUT2D eigenvalue weighted by Crippen LogP contribution is -2.45. The number of hydrogen-bond acceptors (Lipinski definition) is 5. The SMILES string of the molecule is CC(=O)Nc1ccc(S(=O)(=O)NCC(=O)N2CCOCC2)cc1. The van der Waals surface area contributed by atoms with Crippen molar-refractivity contribution >= 4 is 27.5 Å². The Morgan fingerprint density at radius 3 is 2.35 bits per heavy atom. The van der Waals surface area contributed by atoms with E-state index >= 15 is 0 Å². The zero-order chi connectivity index (χ0) is 16.9. The third-order valence-electron chi connectivity index (χ3n) is 3.26. The molecule has 1 aliphatic heterocycles. The molecule has 0 spiro atoms. The Morgan fingerprint density at radius 1 is 1.17 bits per heavy atom. The zero-order valence-electron chi connectivity index (χ0n) is 12.7. The highest BCUT2D eigenvalue weighted by Gasteiger charge is 2.20. The molecule has 0 unspecified atom stereocenters. The number of amides is 2. The molecule has 1 aromatic rings. The molecule has 1 fully saturated rings. The van der Waals surface area contributed by atoms with E-state index in [1.807, 2.05) is 0 Å². The summed E-state index contributed by atoms with van der Waals surface area (Å²) < 4.78 is 31.7. The minimum Gasteiger partial charge on any atom is -0.378 e. The highest BCUT2D eigenvalue weighted by atomic mass is 32.2. The highest BCUT2D eigenvalue weighted by Crippen LogP contribution is 2.13. The minimum absolute atomic E-state index is 0.0291. The summed E-state index contributed by atoms with van der Waals surface area (Å²) in [4.78, 5) is 24.5.